The summed E-state index contributed by atoms with van der Waals surface area (Å²) in [6.07, 6.45) is 4.50. The van der Waals surface area contributed by atoms with Crippen LogP contribution in [-0.2, 0) is 5.60 Å². The molecule has 3 heteroatoms. The molecule has 1 N–H and O–H groups in total. The molecule has 1 aliphatic rings. The van der Waals surface area contributed by atoms with Crippen LogP contribution in [0.15, 0.2) is 36.7 Å². The topological polar surface area (TPSA) is 33.1 Å². The van der Waals surface area contributed by atoms with Gasteiger partial charge in [0.25, 0.3) is 0 Å². The number of pyridine rings is 1. The number of aliphatic hydroxyl groups is 1. The van der Waals surface area contributed by atoms with E-state index in [0.29, 0.717) is 0 Å². The van der Waals surface area contributed by atoms with Crippen LogP contribution in [0.2, 0.25) is 0 Å². The summed E-state index contributed by atoms with van der Waals surface area (Å²) in [6, 6.07) is 8.17. The summed E-state index contributed by atoms with van der Waals surface area (Å²) in [4.78, 5) is 4.31. The van der Waals surface area contributed by atoms with Gasteiger partial charge in [0.2, 0.25) is 0 Å². The van der Waals surface area contributed by atoms with E-state index in [1.54, 1.807) is 0 Å². The molecule has 0 saturated carbocycles. The molecule has 2 nitrogen and oxygen atoms in total. The first-order valence-corrected chi connectivity index (χ1v) is 7.79. The van der Waals surface area contributed by atoms with Gasteiger partial charge in [0.1, 0.15) is 5.60 Å². The third-order valence-corrected chi connectivity index (χ3v) is 5.44. The zero-order valence-electron chi connectivity index (χ0n) is 11.4. The summed E-state index contributed by atoms with van der Waals surface area (Å²) in [6.45, 7) is 4.45. The van der Waals surface area contributed by atoms with Crippen LogP contribution in [0.25, 0.3) is 10.8 Å². The van der Waals surface area contributed by atoms with Crippen molar-refractivity contribution >= 4 is 22.5 Å². The molecule has 0 spiro atoms. The van der Waals surface area contributed by atoms with Gasteiger partial charge in [0.15, 0.2) is 0 Å². The summed E-state index contributed by atoms with van der Waals surface area (Å²) in [5.74, 6) is 1.86. The van der Waals surface area contributed by atoms with Gasteiger partial charge in [-0.25, -0.2) is 0 Å². The molecule has 1 saturated heterocycles. The minimum atomic E-state index is -0.764. The molecule has 0 aliphatic carbocycles. The molecule has 1 atom stereocenters. The Bertz CT molecular complexity index is 605. The normalized spacial score (nSPS) is 26.5. The standard InChI is InChI=1S/C16H19NOS/c1-15(2)9-16(18,11-19-10-15)14-8-17-7-12-5-3-4-6-13(12)14/h3-8,18H,9-11H2,1-2H3. The first kappa shape index (κ1) is 12.9. The fraction of sp³-hybridized carbons (Fsp3) is 0.438. The van der Waals surface area contributed by atoms with E-state index in [4.69, 9.17) is 0 Å². The predicted octanol–water partition coefficient (Wildman–Crippen LogP) is 3.59. The smallest absolute Gasteiger partial charge is 0.101 e. The van der Waals surface area contributed by atoms with Crippen molar-refractivity contribution in [3.05, 3.63) is 42.2 Å². The third kappa shape index (κ3) is 2.37. The lowest BCUT2D eigenvalue weighted by Gasteiger charge is -2.41. The highest BCUT2D eigenvalue weighted by Crippen LogP contribution is 2.45. The number of nitrogens with zero attached hydrogens (tertiary/aromatic N) is 1. The fourth-order valence-electron chi connectivity index (χ4n) is 3.05. The monoisotopic (exact) mass is 273 g/mol. The Hall–Kier alpha value is -1.06. The molecule has 100 valence electrons. The summed E-state index contributed by atoms with van der Waals surface area (Å²) in [7, 11) is 0. The maximum atomic E-state index is 11.1. The number of aromatic nitrogens is 1. The lowest BCUT2D eigenvalue weighted by molar-refractivity contribution is 0.0167. The fourth-order valence-corrected chi connectivity index (χ4v) is 4.40. The minimum absolute atomic E-state index is 0.161. The molecule has 0 bridgehead atoms. The van der Waals surface area contributed by atoms with Crippen LogP contribution < -0.4 is 0 Å². The van der Waals surface area contributed by atoms with Crippen molar-refractivity contribution in [3.8, 4) is 0 Å². The number of fused-ring (bicyclic) bond motifs is 1. The molecule has 2 aromatic rings. The molecule has 0 radical (unpaired) electrons. The second-order valence-electron chi connectivity index (χ2n) is 6.27. The van der Waals surface area contributed by atoms with Gasteiger partial charge in [-0.05, 0) is 23.0 Å². The highest BCUT2D eigenvalue weighted by atomic mass is 32.2. The van der Waals surface area contributed by atoms with Crippen molar-refractivity contribution in [3.63, 3.8) is 0 Å². The first-order chi connectivity index (χ1) is 9.00. The van der Waals surface area contributed by atoms with Crippen molar-refractivity contribution in [2.75, 3.05) is 11.5 Å². The van der Waals surface area contributed by atoms with Gasteiger partial charge < -0.3 is 5.11 Å². The van der Waals surface area contributed by atoms with Crippen molar-refractivity contribution in [2.24, 2.45) is 5.41 Å². The average Bonchev–Trinajstić information content (AvgIpc) is 2.36. The molecule has 1 unspecified atom stereocenters. The lowest BCUT2D eigenvalue weighted by atomic mass is 9.78. The molecule has 1 aliphatic heterocycles. The van der Waals surface area contributed by atoms with Gasteiger partial charge in [-0.3, -0.25) is 4.98 Å². The van der Waals surface area contributed by atoms with Crippen LogP contribution in [0, 0.1) is 5.41 Å². The highest BCUT2D eigenvalue weighted by molar-refractivity contribution is 7.99. The zero-order chi connectivity index (χ0) is 13.5. The third-order valence-electron chi connectivity index (χ3n) is 3.77. The molecule has 3 rings (SSSR count). The summed E-state index contributed by atoms with van der Waals surface area (Å²) in [5.41, 5.74) is 0.375. The molecular weight excluding hydrogens is 254 g/mol. The molecular formula is C16H19NOS. The van der Waals surface area contributed by atoms with Crippen molar-refractivity contribution in [1.82, 2.24) is 4.98 Å². The Morgan fingerprint density at radius 3 is 2.74 bits per heavy atom. The Balaban J connectivity index is 2.13. The van der Waals surface area contributed by atoms with Crippen LogP contribution in [0.3, 0.4) is 0 Å². The predicted molar refractivity (Wildman–Crippen MR) is 81.4 cm³/mol. The van der Waals surface area contributed by atoms with Crippen LogP contribution in [-0.4, -0.2) is 21.6 Å². The van der Waals surface area contributed by atoms with E-state index < -0.39 is 5.60 Å². The minimum Gasteiger partial charge on any atom is -0.384 e. The van der Waals surface area contributed by atoms with Crippen molar-refractivity contribution in [2.45, 2.75) is 25.9 Å². The van der Waals surface area contributed by atoms with E-state index in [0.717, 1.165) is 34.3 Å². The second kappa shape index (κ2) is 4.50. The van der Waals surface area contributed by atoms with Gasteiger partial charge in [0.05, 0.1) is 0 Å². The van der Waals surface area contributed by atoms with Crippen molar-refractivity contribution < 1.29 is 5.11 Å². The van der Waals surface area contributed by atoms with Gasteiger partial charge >= 0.3 is 0 Å². The maximum absolute atomic E-state index is 11.1. The van der Waals surface area contributed by atoms with E-state index >= 15 is 0 Å². The lowest BCUT2D eigenvalue weighted by Crippen LogP contribution is -2.40. The van der Waals surface area contributed by atoms with Gasteiger partial charge in [-0.1, -0.05) is 38.1 Å². The molecule has 0 amide bonds. The van der Waals surface area contributed by atoms with E-state index in [9.17, 15) is 5.11 Å². The van der Waals surface area contributed by atoms with Crippen LogP contribution in [0.1, 0.15) is 25.8 Å². The number of hydrogen-bond donors (Lipinski definition) is 1. The molecule has 1 aromatic heterocycles. The molecule has 2 heterocycles. The summed E-state index contributed by atoms with van der Waals surface area (Å²) < 4.78 is 0. The molecule has 1 fully saturated rings. The van der Waals surface area contributed by atoms with Gasteiger partial charge in [-0.15, -0.1) is 0 Å². The number of benzene rings is 1. The summed E-state index contributed by atoms with van der Waals surface area (Å²) in [5, 5.41) is 13.3. The Labute approximate surface area is 118 Å². The van der Waals surface area contributed by atoms with Crippen LogP contribution >= 0.6 is 11.8 Å². The van der Waals surface area contributed by atoms with Gasteiger partial charge in [0, 0.05) is 29.1 Å². The second-order valence-corrected chi connectivity index (χ2v) is 7.26. The van der Waals surface area contributed by atoms with E-state index in [1.807, 2.05) is 36.3 Å². The van der Waals surface area contributed by atoms with E-state index in [-0.39, 0.29) is 5.41 Å². The number of rotatable bonds is 1. The number of hydrogen-bond acceptors (Lipinski definition) is 3. The Morgan fingerprint density at radius 1 is 1.16 bits per heavy atom. The maximum Gasteiger partial charge on any atom is 0.101 e. The van der Waals surface area contributed by atoms with Crippen molar-refractivity contribution in [1.29, 1.82) is 0 Å². The van der Waals surface area contributed by atoms with E-state index in [1.165, 1.54) is 0 Å². The summed E-state index contributed by atoms with van der Waals surface area (Å²) >= 11 is 1.83. The molecule has 19 heavy (non-hydrogen) atoms. The van der Waals surface area contributed by atoms with Crippen LogP contribution in [0.5, 0.6) is 0 Å². The SMILES string of the molecule is CC1(C)CSCC(O)(c2cncc3ccccc23)C1. The Kier molecular flexibility index (Phi) is 3.06. The largest absolute Gasteiger partial charge is 0.384 e. The van der Waals surface area contributed by atoms with Gasteiger partial charge in [-0.2, -0.15) is 11.8 Å². The number of thioether (sulfide) groups is 1. The van der Waals surface area contributed by atoms with Crippen LogP contribution in [0.4, 0.5) is 0 Å². The zero-order valence-corrected chi connectivity index (χ0v) is 12.2. The quantitative estimate of drug-likeness (QED) is 0.862. The average molecular weight is 273 g/mol. The Morgan fingerprint density at radius 2 is 1.95 bits per heavy atom. The highest BCUT2D eigenvalue weighted by Gasteiger charge is 2.41. The molecule has 1 aromatic carbocycles. The van der Waals surface area contributed by atoms with E-state index in [2.05, 4.69) is 31.0 Å². The first-order valence-electron chi connectivity index (χ1n) is 6.64.